The number of pyridine rings is 1. The summed E-state index contributed by atoms with van der Waals surface area (Å²) in [4.78, 5) is 34.4. The van der Waals surface area contributed by atoms with Gasteiger partial charge < -0.3 is 24.2 Å². The van der Waals surface area contributed by atoms with Crippen LogP contribution < -0.4 is 15.3 Å². The summed E-state index contributed by atoms with van der Waals surface area (Å²) in [5, 5.41) is 35.1. The molecule has 2 aromatic heterocycles. The molecule has 5 aromatic rings. The number of aliphatic hydroxyl groups is 3. The van der Waals surface area contributed by atoms with Gasteiger partial charge in [0.15, 0.2) is 0 Å². The summed E-state index contributed by atoms with van der Waals surface area (Å²) in [5.41, 5.74) is 3.27. The maximum Gasteiger partial charge on any atom is 0.261 e. The van der Waals surface area contributed by atoms with Gasteiger partial charge in [0.05, 0.1) is 42.5 Å². The SMILES string of the molecule is CC(C)(C)[Si](OCC1=C([C@H](O)CC/C(=C/c2ccc(CO)o2)c2ccccn2)[C@H](CO)[C@@H]2C(=O)N(c3ccccc3)C(=O)[C@@H]2C1)(c1ccccc1)c1ccccc1. The average Bonchev–Trinajstić information content (AvgIpc) is 3.80. The molecule has 2 amide bonds. The third-order valence-corrected chi connectivity index (χ3v) is 16.5. The summed E-state index contributed by atoms with van der Waals surface area (Å²) in [6, 6.07) is 38.6. The molecule has 0 spiro atoms. The van der Waals surface area contributed by atoms with E-state index < -0.39 is 38.8 Å². The van der Waals surface area contributed by atoms with Crippen LogP contribution in [0.4, 0.5) is 5.69 Å². The standard InChI is InChI=1S/C47H50N2O7Si/c1-47(2,3)57(37-17-9-5-10-18-37,38-19-11-6-12-20-38)55-31-33-28-39-44(46(54)49(45(39)53)34-15-7-4-8-16-34)40(30-51)43(33)42(52)25-22-32(41-21-13-14-26-48-41)27-35-23-24-36(29-50)56-35/h4-21,23-24,26-27,39-40,42,44,50-52H,22,25,28-31H2,1-3H3/b32-27-/t39-,40+,42-,44-/m1/s1. The summed E-state index contributed by atoms with van der Waals surface area (Å²) >= 11 is 0. The number of hydrogen-bond acceptors (Lipinski definition) is 8. The molecule has 1 saturated heterocycles. The van der Waals surface area contributed by atoms with Gasteiger partial charge >= 0.3 is 0 Å². The van der Waals surface area contributed by atoms with Crippen molar-refractivity contribution in [1.82, 2.24) is 4.98 Å². The highest BCUT2D eigenvalue weighted by Gasteiger charge is 2.56. The minimum Gasteiger partial charge on any atom is -0.459 e. The Labute approximate surface area is 335 Å². The normalized spacial score (nSPS) is 19.6. The highest BCUT2D eigenvalue weighted by atomic mass is 28.4. The number of imide groups is 1. The second-order valence-corrected chi connectivity index (χ2v) is 20.2. The average molecular weight is 783 g/mol. The number of fused-ring (bicyclic) bond motifs is 1. The number of anilines is 1. The molecule has 0 bridgehead atoms. The lowest BCUT2D eigenvalue weighted by atomic mass is 9.68. The van der Waals surface area contributed by atoms with Crippen LogP contribution in [0, 0.1) is 17.8 Å². The molecule has 3 N–H and O–H groups in total. The molecule has 1 aliphatic heterocycles. The van der Waals surface area contributed by atoms with E-state index in [9.17, 15) is 24.9 Å². The van der Waals surface area contributed by atoms with Gasteiger partial charge in [-0.25, -0.2) is 0 Å². The first kappa shape index (κ1) is 40.0. The van der Waals surface area contributed by atoms with E-state index in [4.69, 9.17) is 8.84 Å². The molecule has 10 heteroatoms. The fraction of sp³-hybridized carbons (Fsp3) is 0.298. The van der Waals surface area contributed by atoms with E-state index in [1.165, 1.54) is 4.90 Å². The number of allylic oxidation sites excluding steroid dienone is 1. The van der Waals surface area contributed by atoms with Crippen molar-refractivity contribution in [3.05, 3.63) is 156 Å². The van der Waals surface area contributed by atoms with Gasteiger partial charge in [-0.15, -0.1) is 0 Å². The topological polar surface area (TPSA) is 133 Å². The summed E-state index contributed by atoms with van der Waals surface area (Å²) in [6.45, 7) is 6.03. The first-order valence-corrected chi connectivity index (χ1v) is 21.5. The van der Waals surface area contributed by atoms with Crippen molar-refractivity contribution in [1.29, 1.82) is 0 Å². The van der Waals surface area contributed by atoms with Gasteiger partial charge in [-0.2, -0.15) is 0 Å². The van der Waals surface area contributed by atoms with Crippen molar-refractivity contribution in [2.45, 2.75) is 57.8 Å². The molecular weight excluding hydrogens is 733 g/mol. The van der Waals surface area contributed by atoms with Crippen molar-refractivity contribution in [2.24, 2.45) is 17.8 Å². The van der Waals surface area contributed by atoms with Crippen molar-refractivity contribution in [2.75, 3.05) is 18.1 Å². The van der Waals surface area contributed by atoms with Gasteiger partial charge in [-0.05, 0) is 93.9 Å². The Balaban J connectivity index is 1.31. The zero-order valence-corrected chi connectivity index (χ0v) is 33.6. The molecule has 2 aliphatic rings. The number of para-hydroxylation sites is 1. The molecule has 3 heterocycles. The molecule has 0 unspecified atom stereocenters. The fourth-order valence-corrected chi connectivity index (χ4v) is 13.4. The van der Waals surface area contributed by atoms with Crippen LogP contribution in [0.3, 0.4) is 0 Å². The Morgan fingerprint density at radius 3 is 2.07 bits per heavy atom. The molecule has 4 atom stereocenters. The monoisotopic (exact) mass is 782 g/mol. The predicted molar refractivity (Wildman–Crippen MR) is 224 cm³/mol. The van der Waals surface area contributed by atoms with E-state index in [1.54, 1.807) is 42.6 Å². The molecule has 0 radical (unpaired) electrons. The van der Waals surface area contributed by atoms with E-state index in [2.05, 4.69) is 50.0 Å². The Kier molecular flexibility index (Phi) is 12.0. The minimum atomic E-state index is -3.07. The van der Waals surface area contributed by atoms with Crippen LogP contribution in [0.2, 0.25) is 5.04 Å². The van der Waals surface area contributed by atoms with Gasteiger partial charge in [0.2, 0.25) is 11.8 Å². The Hall–Kier alpha value is -5.23. The van der Waals surface area contributed by atoms with Crippen molar-refractivity contribution in [3.8, 4) is 0 Å². The highest BCUT2D eigenvalue weighted by Crippen LogP contribution is 2.48. The number of aromatic nitrogens is 1. The smallest absolute Gasteiger partial charge is 0.261 e. The van der Waals surface area contributed by atoms with Gasteiger partial charge in [0.25, 0.3) is 8.32 Å². The summed E-state index contributed by atoms with van der Waals surface area (Å²) in [6.07, 6.45) is 3.27. The van der Waals surface area contributed by atoms with Crippen LogP contribution >= 0.6 is 0 Å². The predicted octanol–water partition coefficient (Wildman–Crippen LogP) is 6.54. The van der Waals surface area contributed by atoms with E-state index in [0.29, 0.717) is 34.9 Å². The quantitative estimate of drug-likeness (QED) is 0.0658. The lowest BCUT2D eigenvalue weighted by Gasteiger charge is -2.44. The summed E-state index contributed by atoms with van der Waals surface area (Å²) < 4.78 is 13.2. The first-order valence-electron chi connectivity index (χ1n) is 19.6. The van der Waals surface area contributed by atoms with Gasteiger partial charge in [-0.3, -0.25) is 19.5 Å². The third-order valence-electron chi connectivity index (χ3n) is 11.5. The summed E-state index contributed by atoms with van der Waals surface area (Å²) in [7, 11) is -3.07. The van der Waals surface area contributed by atoms with E-state index >= 15 is 0 Å². The number of hydrogen-bond donors (Lipinski definition) is 3. The Morgan fingerprint density at radius 2 is 1.51 bits per heavy atom. The second-order valence-electron chi connectivity index (χ2n) is 15.9. The van der Waals surface area contributed by atoms with Gasteiger partial charge in [0, 0.05) is 12.1 Å². The van der Waals surface area contributed by atoms with Gasteiger partial charge in [0.1, 0.15) is 18.1 Å². The van der Waals surface area contributed by atoms with Crippen LogP contribution in [-0.2, 0) is 20.6 Å². The zero-order chi connectivity index (χ0) is 40.2. The number of nitrogens with zero attached hydrogens (tertiary/aromatic N) is 2. The maximum atomic E-state index is 14.3. The molecule has 0 saturated carbocycles. The lowest BCUT2D eigenvalue weighted by molar-refractivity contribution is -0.123. The zero-order valence-electron chi connectivity index (χ0n) is 32.6. The van der Waals surface area contributed by atoms with E-state index in [1.807, 2.05) is 66.7 Å². The van der Waals surface area contributed by atoms with E-state index in [0.717, 1.165) is 21.5 Å². The molecule has 3 aromatic carbocycles. The van der Waals surface area contributed by atoms with Crippen LogP contribution in [0.25, 0.3) is 11.6 Å². The van der Waals surface area contributed by atoms with Crippen LogP contribution in [-0.4, -0.2) is 59.8 Å². The summed E-state index contributed by atoms with van der Waals surface area (Å²) in [5.74, 6) is -2.12. The maximum absolute atomic E-state index is 14.3. The lowest BCUT2D eigenvalue weighted by Crippen LogP contribution is -2.66. The Bertz CT molecular complexity index is 2180. The molecule has 1 aliphatic carbocycles. The van der Waals surface area contributed by atoms with Crippen LogP contribution in [0.5, 0.6) is 0 Å². The molecule has 1 fully saturated rings. The van der Waals surface area contributed by atoms with E-state index in [-0.39, 0.29) is 42.9 Å². The number of amides is 2. The van der Waals surface area contributed by atoms with Crippen molar-refractivity contribution >= 4 is 47.8 Å². The number of furan rings is 1. The number of benzene rings is 3. The number of aliphatic hydroxyl groups excluding tert-OH is 3. The molecule has 57 heavy (non-hydrogen) atoms. The Morgan fingerprint density at radius 1 is 0.877 bits per heavy atom. The fourth-order valence-electron chi connectivity index (χ4n) is 8.88. The number of rotatable bonds is 14. The number of carbonyl (C=O) groups is 2. The van der Waals surface area contributed by atoms with Crippen molar-refractivity contribution in [3.63, 3.8) is 0 Å². The second kappa shape index (κ2) is 17.1. The van der Waals surface area contributed by atoms with Gasteiger partial charge in [-0.1, -0.05) is 106 Å². The van der Waals surface area contributed by atoms with Crippen LogP contribution in [0.15, 0.2) is 143 Å². The molecule has 9 nitrogen and oxygen atoms in total. The number of carbonyl (C=O) groups excluding carboxylic acids is 2. The van der Waals surface area contributed by atoms with Crippen molar-refractivity contribution < 1.29 is 33.8 Å². The largest absolute Gasteiger partial charge is 0.459 e. The third kappa shape index (κ3) is 7.88. The highest BCUT2D eigenvalue weighted by molar-refractivity contribution is 6.99. The van der Waals surface area contributed by atoms with Crippen LogP contribution in [0.1, 0.15) is 57.2 Å². The molecule has 294 valence electrons. The first-order chi connectivity index (χ1) is 27.6. The molecule has 7 rings (SSSR count). The molecular formula is C47H50N2O7Si. The minimum absolute atomic E-state index is 0.103.